The molecule has 0 saturated heterocycles. The van der Waals surface area contributed by atoms with Gasteiger partial charge in [-0.1, -0.05) is 6.07 Å². The van der Waals surface area contributed by atoms with E-state index in [0.29, 0.717) is 0 Å². The zero-order valence-corrected chi connectivity index (χ0v) is 8.26. The molecule has 0 saturated carbocycles. The molecule has 1 aromatic carbocycles. The van der Waals surface area contributed by atoms with Crippen LogP contribution in [0.5, 0.6) is 5.75 Å². The van der Waals surface area contributed by atoms with E-state index >= 15 is 0 Å². The molecule has 0 aromatic heterocycles. The van der Waals surface area contributed by atoms with Gasteiger partial charge < -0.3 is 4.74 Å². The van der Waals surface area contributed by atoms with Gasteiger partial charge in [-0.15, -0.1) is 0 Å². The Morgan fingerprint density at radius 3 is 2.71 bits per heavy atom. The molecule has 0 bridgehead atoms. The van der Waals surface area contributed by atoms with E-state index in [0.717, 1.165) is 12.2 Å². The Kier molecular flexibility index (Phi) is 3.02. The summed E-state index contributed by atoms with van der Waals surface area (Å²) in [6.45, 7) is -0.254. The largest absolute Gasteiger partial charge is 0.491 e. The molecule has 0 heterocycles. The van der Waals surface area contributed by atoms with Crippen molar-refractivity contribution in [1.29, 1.82) is 0 Å². The van der Waals surface area contributed by atoms with Gasteiger partial charge in [0, 0.05) is 0 Å². The summed E-state index contributed by atoms with van der Waals surface area (Å²) in [5.74, 6) is 0.809. The third-order valence-electron chi connectivity index (χ3n) is 2.67. The van der Waals surface area contributed by atoms with Crippen LogP contribution in [0.4, 0.5) is 4.39 Å². The van der Waals surface area contributed by atoms with Crippen LogP contribution < -0.4 is 4.74 Å². The highest BCUT2D eigenvalue weighted by molar-refractivity contribution is 5.37. The van der Waals surface area contributed by atoms with Crippen LogP contribution in [0.15, 0.2) is 18.2 Å². The highest BCUT2D eigenvalue weighted by Gasteiger charge is 2.09. The van der Waals surface area contributed by atoms with Gasteiger partial charge in [-0.3, -0.25) is 0 Å². The van der Waals surface area contributed by atoms with Crippen LogP contribution in [0.1, 0.15) is 24.0 Å². The van der Waals surface area contributed by atoms with Gasteiger partial charge >= 0.3 is 0 Å². The van der Waals surface area contributed by atoms with Crippen molar-refractivity contribution in [3.8, 4) is 5.75 Å². The Labute approximate surface area is 83.9 Å². The summed E-state index contributed by atoms with van der Waals surface area (Å²) >= 11 is 0. The lowest BCUT2D eigenvalue weighted by molar-refractivity contribution is 0.273. The molecule has 1 aliphatic rings. The minimum atomic E-state index is -0.420. The molecule has 0 fully saturated rings. The van der Waals surface area contributed by atoms with E-state index in [4.69, 9.17) is 4.74 Å². The number of hydrogen-bond donors (Lipinski definition) is 0. The van der Waals surface area contributed by atoms with E-state index in [9.17, 15) is 4.39 Å². The molecule has 0 unspecified atom stereocenters. The standard InChI is InChI=1S/C12H15FO/c13-7-8-14-12-6-5-10-3-1-2-4-11(10)9-12/h5-6,9H,1-4,7-8H2. The second kappa shape index (κ2) is 4.45. The van der Waals surface area contributed by atoms with Crippen LogP contribution in [0.25, 0.3) is 0 Å². The molecule has 2 rings (SSSR count). The van der Waals surface area contributed by atoms with Crippen molar-refractivity contribution in [2.24, 2.45) is 0 Å². The molecule has 1 aromatic rings. The monoisotopic (exact) mass is 194 g/mol. The molecule has 0 atom stereocenters. The van der Waals surface area contributed by atoms with Crippen LogP contribution in [0.3, 0.4) is 0 Å². The molecule has 1 nitrogen and oxygen atoms in total. The number of fused-ring (bicyclic) bond motifs is 1. The molecule has 76 valence electrons. The molecular formula is C12H15FO. The van der Waals surface area contributed by atoms with Gasteiger partial charge in [0.05, 0.1) is 0 Å². The fourth-order valence-electron chi connectivity index (χ4n) is 1.96. The van der Waals surface area contributed by atoms with Crippen molar-refractivity contribution >= 4 is 0 Å². The van der Waals surface area contributed by atoms with Crippen LogP contribution >= 0.6 is 0 Å². The molecule has 0 radical (unpaired) electrons. The van der Waals surface area contributed by atoms with E-state index in [1.54, 1.807) is 0 Å². The predicted octanol–water partition coefficient (Wildman–Crippen LogP) is 2.91. The van der Waals surface area contributed by atoms with Crippen molar-refractivity contribution in [2.45, 2.75) is 25.7 Å². The first kappa shape index (κ1) is 9.50. The van der Waals surface area contributed by atoms with E-state index < -0.39 is 6.67 Å². The molecule has 0 amide bonds. The number of hydrogen-bond acceptors (Lipinski definition) is 1. The Balaban J connectivity index is 2.12. The summed E-state index contributed by atoms with van der Waals surface area (Å²) in [6, 6.07) is 6.12. The average Bonchev–Trinajstić information content (AvgIpc) is 2.26. The summed E-state index contributed by atoms with van der Waals surface area (Å²) in [4.78, 5) is 0. The van der Waals surface area contributed by atoms with Crippen molar-refractivity contribution < 1.29 is 9.13 Å². The second-order valence-electron chi connectivity index (χ2n) is 3.68. The van der Waals surface area contributed by atoms with Crippen LogP contribution in [0.2, 0.25) is 0 Å². The molecule has 2 heteroatoms. The SMILES string of the molecule is FCCOc1ccc2c(c1)CCCC2. The highest BCUT2D eigenvalue weighted by Crippen LogP contribution is 2.25. The number of aryl methyl sites for hydroxylation is 2. The molecule has 14 heavy (non-hydrogen) atoms. The minimum Gasteiger partial charge on any atom is -0.491 e. The van der Waals surface area contributed by atoms with Gasteiger partial charge in [-0.25, -0.2) is 4.39 Å². The Morgan fingerprint density at radius 1 is 1.14 bits per heavy atom. The fourth-order valence-corrected chi connectivity index (χ4v) is 1.96. The van der Waals surface area contributed by atoms with E-state index in [-0.39, 0.29) is 6.61 Å². The average molecular weight is 194 g/mol. The number of halogens is 1. The minimum absolute atomic E-state index is 0.165. The molecular weight excluding hydrogens is 179 g/mol. The van der Waals surface area contributed by atoms with Gasteiger partial charge in [0.1, 0.15) is 19.0 Å². The highest BCUT2D eigenvalue weighted by atomic mass is 19.1. The Bertz CT molecular complexity index is 309. The van der Waals surface area contributed by atoms with Crippen molar-refractivity contribution in [3.05, 3.63) is 29.3 Å². The summed E-state index contributed by atoms with van der Waals surface area (Å²) in [6.07, 6.45) is 4.87. The maximum absolute atomic E-state index is 11.9. The van der Waals surface area contributed by atoms with Gasteiger partial charge in [-0.2, -0.15) is 0 Å². The first-order valence-corrected chi connectivity index (χ1v) is 5.21. The van der Waals surface area contributed by atoms with E-state index in [1.807, 2.05) is 6.07 Å². The first-order chi connectivity index (χ1) is 6.90. The lowest BCUT2D eigenvalue weighted by Gasteiger charge is -2.16. The third kappa shape index (κ3) is 2.06. The topological polar surface area (TPSA) is 9.23 Å². The van der Waals surface area contributed by atoms with E-state index in [1.165, 1.54) is 30.4 Å². The number of rotatable bonds is 3. The van der Waals surface area contributed by atoms with Crippen LogP contribution in [0, 0.1) is 0 Å². The summed E-state index contributed by atoms with van der Waals surface area (Å²) in [5.41, 5.74) is 2.82. The smallest absolute Gasteiger partial charge is 0.123 e. The summed E-state index contributed by atoms with van der Waals surface area (Å²) in [5, 5.41) is 0. The summed E-state index contributed by atoms with van der Waals surface area (Å²) < 4.78 is 17.1. The molecule has 0 spiro atoms. The fraction of sp³-hybridized carbons (Fsp3) is 0.500. The van der Waals surface area contributed by atoms with E-state index in [2.05, 4.69) is 12.1 Å². The Morgan fingerprint density at radius 2 is 1.93 bits per heavy atom. The van der Waals surface area contributed by atoms with Crippen molar-refractivity contribution in [3.63, 3.8) is 0 Å². The van der Waals surface area contributed by atoms with Gasteiger partial charge in [-0.05, 0) is 48.9 Å². The normalized spacial score (nSPS) is 14.9. The molecule has 1 aliphatic carbocycles. The third-order valence-corrected chi connectivity index (χ3v) is 2.67. The maximum atomic E-state index is 11.9. The summed E-state index contributed by atoms with van der Waals surface area (Å²) in [7, 11) is 0. The lowest BCUT2D eigenvalue weighted by Crippen LogP contribution is -2.04. The Hall–Kier alpha value is -1.05. The lowest BCUT2D eigenvalue weighted by atomic mass is 9.92. The first-order valence-electron chi connectivity index (χ1n) is 5.21. The quantitative estimate of drug-likeness (QED) is 0.719. The zero-order chi connectivity index (χ0) is 9.80. The second-order valence-corrected chi connectivity index (χ2v) is 3.68. The van der Waals surface area contributed by atoms with Crippen LogP contribution in [-0.4, -0.2) is 13.3 Å². The van der Waals surface area contributed by atoms with Gasteiger partial charge in [0.15, 0.2) is 0 Å². The molecule has 0 N–H and O–H groups in total. The maximum Gasteiger partial charge on any atom is 0.123 e. The van der Waals surface area contributed by atoms with Crippen molar-refractivity contribution in [1.82, 2.24) is 0 Å². The number of ether oxygens (including phenoxy) is 1. The zero-order valence-electron chi connectivity index (χ0n) is 8.26. The van der Waals surface area contributed by atoms with Gasteiger partial charge in [0.2, 0.25) is 0 Å². The number of alkyl halides is 1. The van der Waals surface area contributed by atoms with Crippen LogP contribution in [-0.2, 0) is 12.8 Å². The molecule has 0 aliphatic heterocycles. The predicted molar refractivity (Wildman–Crippen MR) is 54.6 cm³/mol. The number of benzene rings is 1. The van der Waals surface area contributed by atoms with Gasteiger partial charge in [0.25, 0.3) is 0 Å². The van der Waals surface area contributed by atoms with Crippen molar-refractivity contribution in [2.75, 3.05) is 13.3 Å².